The van der Waals surface area contributed by atoms with Crippen LogP contribution in [0.4, 0.5) is 4.79 Å². The highest BCUT2D eigenvalue weighted by Crippen LogP contribution is 2.12. The van der Waals surface area contributed by atoms with Crippen LogP contribution in [0.2, 0.25) is 0 Å². The van der Waals surface area contributed by atoms with Crippen LogP contribution in [0.15, 0.2) is 34.8 Å². The van der Waals surface area contributed by atoms with Gasteiger partial charge < -0.3 is 10.1 Å². The first kappa shape index (κ1) is 19.9. The number of carbonyl (C=O) groups excluding carboxylic acids is 3. The number of esters is 1. The molecule has 0 aliphatic rings. The lowest BCUT2D eigenvalue weighted by Gasteiger charge is -2.21. The molecule has 3 amide bonds. The summed E-state index contributed by atoms with van der Waals surface area (Å²) in [5.74, 6) is -1.37. The Hall–Kier alpha value is -2.15. The van der Waals surface area contributed by atoms with E-state index < -0.39 is 29.6 Å². The fraction of sp³-hybridized carbons (Fsp3) is 0.353. The Labute approximate surface area is 149 Å². The smallest absolute Gasteiger partial charge is 0.331 e. The lowest BCUT2D eigenvalue weighted by Crippen LogP contribution is -2.50. The van der Waals surface area contributed by atoms with Gasteiger partial charge in [0.1, 0.15) is 0 Å². The van der Waals surface area contributed by atoms with E-state index >= 15 is 0 Å². The summed E-state index contributed by atoms with van der Waals surface area (Å²) in [5.41, 5.74) is 0.333. The zero-order valence-corrected chi connectivity index (χ0v) is 15.6. The highest BCUT2D eigenvalue weighted by molar-refractivity contribution is 9.10. The van der Waals surface area contributed by atoms with E-state index in [1.165, 1.54) is 13.0 Å². The lowest BCUT2D eigenvalue weighted by molar-refractivity contribution is -0.149. The number of ether oxygens (including phenoxy) is 1. The minimum absolute atomic E-state index is 0.475. The fourth-order valence-corrected chi connectivity index (χ4v) is 2.04. The number of urea groups is 1. The molecule has 0 spiro atoms. The molecule has 0 unspecified atom stereocenters. The first-order valence-electron chi connectivity index (χ1n) is 7.34. The lowest BCUT2D eigenvalue weighted by atomic mass is 10.1. The predicted molar refractivity (Wildman–Crippen MR) is 95.2 cm³/mol. The maximum absolute atomic E-state index is 11.8. The van der Waals surface area contributed by atoms with Crippen molar-refractivity contribution in [3.8, 4) is 0 Å². The fourth-order valence-electron chi connectivity index (χ4n) is 1.63. The quantitative estimate of drug-likeness (QED) is 0.604. The normalized spacial score (nSPS) is 12.5. The van der Waals surface area contributed by atoms with Gasteiger partial charge >= 0.3 is 12.0 Å². The van der Waals surface area contributed by atoms with Crippen molar-refractivity contribution in [2.75, 3.05) is 0 Å². The van der Waals surface area contributed by atoms with E-state index in [2.05, 4.69) is 26.6 Å². The van der Waals surface area contributed by atoms with Crippen molar-refractivity contribution in [2.45, 2.75) is 39.3 Å². The van der Waals surface area contributed by atoms with E-state index in [9.17, 15) is 14.4 Å². The molecular weight excluding hydrogens is 376 g/mol. The second kappa shape index (κ2) is 8.63. The summed E-state index contributed by atoms with van der Waals surface area (Å²) >= 11 is 3.33. The zero-order chi connectivity index (χ0) is 18.3. The molecule has 1 aromatic rings. The molecule has 0 aromatic heterocycles. The maximum Gasteiger partial charge on any atom is 0.331 e. The molecule has 1 rings (SSSR count). The topological polar surface area (TPSA) is 84.5 Å². The monoisotopic (exact) mass is 396 g/mol. The van der Waals surface area contributed by atoms with E-state index in [-0.39, 0.29) is 0 Å². The van der Waals surface area contributed by atoms with Gasteiger partial charge in [0.15, 0.2) is 6.10 Å². The van der Waals surface area contributed by atoms with Gasteiger partial charge in [0.25, 0.3) is 5.91 Å². The molecule has 1 aromatic carbocycles. The van der Waals surface area contributed by atoms with Gasteiger partial charge in [-0.1, -0.05) is 28.1 Å². The van der Waals surface area contributed by atoms with Gasteiger partial charge in [-0.15, -0.1) is 0 Å². The molecule has 7 heteroatoms. The summed E-state index contributed by atoms with van der Waals surface area (Å²) in [7, 11) is 0. The summed E-state index contributed by atoms with van der Waals surface area (Å²) in [6.07, 6.45) is 1.71. The summed E-state index contributed by atoms with van der Waals surface area (Å²) in [6.45, 7) is 6.75. The molecule has 2 N–H and O–H groups in total. The first-order valence-corrected chi connectivity index (χ1v) is 8.13. The number of nitrogens with one attached hydrogen (secondary N) is 2. The Kier molecular flexibility index (Phi) is 7.16. The van der Waals surface area contributed by atoms with Gasteiger partial charge in [-0.2, -0.15) is 0 Å². The van der Waals surface area contributed by atoms with Crippen LogP contribution in [-0.2, 0) is 14.3 Å². The van der Waals surface area contributed by atoms with Crippen molar-refractivity contribution in [2.24, 2.45) is 0 Å². The number of amides is 3. The standard InChI is InChI=1S/C17H21BrN2O4/c1-11(15(22)19-16(23)20-17(2,3)4)24-14(21)9-8-12-6-5-7-13(18)10-12/h5-11H,1-4H3,(H2,19,20,22,23)/b9-8+/t11-/m1/s1. The number of imide groups is 1. The van der Waals surface area contributed by atoms with Gasteiger partial charge in [0.2, 0.25) is 0 Å². The van der Waals surface area contributed by atoms with Crippen molar-refractivity contribution in [1.82, 2.24) is 10.6 Å². The molecule has 0 aliphatic carbocycles. The van der Waals surface area contributed by atoms with E-state index in [1.54, 1.807) is 26.8 Å². The summed E-state index contributed by atoms with van der Waals surface area (Å²) in [5, 5.41) is 4.71. The highest BCUT2D eigenvalue weighted by atomic mass is 79.9. The number of halogens is 1. The Balaban J connectivity index is 2.51. The molecule has 0 radical (unpaired) electrons. The molecule has 0 aliphatic heterocycles. The van der Waals surface area contributed by atoms with Crippen molar-refractivity contribution in [1.29, 1.82) is 0 Å². The van der Waals surface area contributed by atoms with Crippen LogP contribution in [-0.4, -0.2) is 29.6 Å². The molecule has 0 saturated heterocycles. The van der Waals surface area contributed by atoms with Crippen LogP contribution in [0.25, 0.3) is 6.08 Å². The van der Waals surface area contributed by atoms with Gasteiger partial charge in [0.05, 0.1) is 0 Å². The minimum atomic E-state index is -1.09. The van der Waals surface area contributed by atoms with Gasteiger partial charge in [-0.25, -0.2) is 9.59 Å². The van der Waals surface area contributed by atoms with Crippen LogP contribution >= 0.6 is 15.9 Å². The largest absolute Gasteiger partial charge is 0.449 e. The zero-order valence-electron chi connectivity index (χ0n) is 14.1. The summed E-state index contributed by atoms with van der Waals surface area (Å²) in [4.78, 5) is 35.1. The third kappa shape index (κ3) is 7.92. The molecule has 130 valence electrons. The minimum Gasteiger partial charge on any atom is -0.449 e. The molecule has 0 saturated carbocycles. The van der Waals surface area contributed by atoms with Gasteiger partial charge in [0, 0.05) is 16.1 Å². The number of carbonyl (C=O) groups is 3. The number of benzene rings is 1. The Bertz CT molecular complexity index is 650. The van der Waals surface area contributed by atoms with Crippen molar-refractivity contribution in [3.05, 3.63) is 40.4 Å². The van der Waals surface area contributed by atoms with E-state index in [4.69, 9.17) is 4.74 Å². The second-order valence-corrected chi connectivity index (χ2v) is 7.08. The molecule has 24 heavy (non-hydrogen) atoms. The highest BCUT2D eigenvalue weighted by Gasteiger charge is 2.21. The molecule has 1 atom stereocenters. The molecule has 0 fully saturated rings. The Morgan fingerprint density at radius 1 is 1.25 bits per heavy atom. The average molecular weight is 397 g/mol. The Morgan fingerprint density at radius 3 is 2.50 bits per heavy atom. The van der Waals surface area contributed by atoms with Crippen LogP contribution in [0.5, 0.6) is 0 Å². The van der Waals surface area contributed by atoms with Crippen LogP contribution in [0.3, 0.4) is 0 Å². The number of rotatable bonds is 4. The van der Waals surface area contributed by atoms with Crippen molar-refractivity contribution >= 4 is 39.9 Å². The summed E-state index contributed by atoms with van der Waals surface area (Å²) < 4.78 is 5.85. The maximum atomic E-state index is 11.8. The molecule has 0 bridgehead atoms. The van der Waals surface area contributed by atoms with Crippen molar-refractivity contribution in [3.63, 3.8) is 0 Å². The van der Waals surface area contributed by atoms with E-state index in [0.717, 1.165) is 10.0 Å². The molecule has 0 heterocycles. The van der Waals surface area contributed by atoms with E-state index in [0.29, 0.717) is 0 Å². The van der Waals surface area contributed by atoms with Crippen molar-refractivity contribution < 1.29 is 19.1 Å². The molecular formula is C17H21BrN2O4. The Morgan fingerprint density at radius 2 is 1.92 bits per heavy atom. The average Bonchev–Trinajstić information content (AvgIpc) is 2.43. The second-order valence-electron chi connectivity index (χ2n) is 6.16. The van der Waals surface area contributed by atoms with Crippen LogP contribution in [0, 0.1) is 0 Å². The third-order valence-electron chi connectivity index (χ3n) is 2.65. The summed E-state index contributed by atoms with van der Waals surface area (Å²) in [6, 6.07) is 6.71. The van der Waals surface area contributed by atoms with Gasteiger partial charge in [-0.05, 0) is 51.5 Å². The van der Waals surface area contributed by atoms with Crippen LogP contribution in [0.1, 0.15) is 33.3 Å². The first-order chi connectivity index (χ1) is 11.1. The van der Waals surface area contributed by atoms with E-state index in [1.807, 2.05) is 24.3 Å². The van der Waals surface area contributed by atoms with Crippen LogP contribution < -0.4 is 10.6 Å². The predicted octanol–water partition coefficient (Wildman–Crippen LogP) is 3.02. The number of hydrogen-bond acceptors (Lipinski definition) is 4. The third-order valence-corrected chi connectivity index (χ3v) is 3.14. The number of hydrogen-bond donors (Lipinski definition) is 2. The molecule has 6 nitrogen and oxygen atoms in total. The SMILES string of the molecule is C[C@@H](OC(=O)/C=C/c1cccc(Br)c1)C(=O)NC(=O)NC(C)(C)C. The van der Waals surface area contributed by atoms with Gasteiger partial charge in [-0.3, -0.25) is 10.1 Å².